The summed E-state index contributed by atoms with van der Waals surface area (Å²) in [6.45, 7) is 5.52. The molecule has 19 heavy (non-hydrogen) atoms. The second-order valence-corrected chi connectivity index (χ2v) is 5.23. The number of amides is 1. The third-order valence-corrected chi connectivity index (χ3v) is 3.72. The monoisotopic (exact) mass is 281 g/mol. The SMILES string of the molecule is CCCCN(CC)C(=O)c1ccc(C=CC(=O)O)s1. The lowest BCUT2D eigenvalue weighted by molar-refractivity contribution is -0.131. The van der Waals surface area contributed by atoms with Crippen LogP contribution in [0.25, 0.3) is 6.08 Å². The third-order valence-electron chi connectivity index (χ3n) is 2.68. The Hall–Kier alpha value is -1.62. The van der Waals surface area contributed by atoms with Crippen LogP contribution in [0.5, 0.6) is 0 Å². The minimum absolute atomic E-state index is 0.0240. The van der Waals surface area contributed by atoms with Crippen LogP contribution < -0.4 is 0 Å². The van der Waals surface area contributed by atoms with Crippen LogP contribution in [-0.2, 0) is 4.79 Å². The fourth-order valence-corrected chi connectivity index (χ4v) is 2.50. The molecular formula is C14H19NO3S. The summed E-state index contributed by atoms with van der Waals surface area (Å²) in [6.07, 6.45) is 4.64. The molecule has 0 aliphatic rings. The van der Waals surface area contributed by atoms with Crippen molar-refractivity contribution in [2.45, 2.75) is 26.7 Å². The maximum absolute atomic E-state index is 12.2. The van der Waals surface area contributed by atoms with Crippen molar-refractivity contribution in [2.75, 3.05) is 13.1 Å². The topological polar surface area (TPSA) is 57.6 Å². The van der Waals surface area contributed by atoms with E-state index < -0.39 is 5.97 Å². The molecule has 0 fully saturated rings. The molecule has 0 aliphatic carbocycles. The predicted octanol–water partition coefficient (Wildman–Crippen LogP) is 3.11. The Bertz CT molecular complexity index is 465. The van der Waals surface area contributed by atoms with Gasteiger partial charge in [-0.15, -0.1) is 11.3 Å². The number of carboxylic acid groups (broad SMARTS) is 1. The van der Waals surface area contributed by atoms with Crippen LogP contribution in [0.2, 0.25) is 0 Å². The van der Waals surface area contributed by atoms with E-state index in [0.717, 1.165) is 30.3 Å². The quantitative estimate of drug-likeness (QED) is 0.781. The molecule has 0 aromatic carbocycles. The summed E-state index contributed by atoms with van der Waals surface area (Å²) in [7, 11) is 0. The van der Waals surface area contributed by atoms with Gasteiger partial charge in [0.25, 0.3) is 5.91 Å². The van der Waals surface area contributed by atoms with E-state index in [4.69, 9.17) is 5.11 Å². The number of hydrogen-bond donors (Lipinski definition) is 1. The number of thiophene rings is 1. The van der Waals surface area contributed by atoms with Gasteiger partial charge in [-0.3, -0.25) is 4.79 Å². The summed E-state index contributed by atoms with van der Waals surface area (Å²) in [5.74, 6) is -0.963. The average molecular weight is 281 g/mol. The van der Waals surface area contributed by atoms with Crippen LogP contribution in [0, 0.1) is 0 Å². The molecule has 1 aromatic rings. The van der Waals surface area contributed by atoms with E-state index in [1.54, 1.807) is 12.1 Å². The molecule has 5 heteroatoms. The Kier molecular flexibility index (Phi) is 6.29. The molecule has 0 aliphatic heterocycles. The van der Waals surface area contributed by atoms with Gasteiger partial charge < -0.3 is 10.0 Å². The molecule has 1 amide bonds. The maximum atomic E-state index is 12.2. The molecule has 0 unspecified atom stereocenters. The van der Waals surface area contributed by atoms with Gasteiger partial charge in [0, 0.05) is 24.0 Å². The second kappa shape index (κ2) is 7.74. The third kappa shape index (κ3) is 4.87. The Balaban J connectivity index is 2.73. The van der Waals surface area contributed by atoms with Gasteiger partial charge in [-0.1, -0.05) is 13.3 Å². The molecule has 0 radical (unpaired) electrons. The van der Waals surface area contributed by atoms with E-state index in [2.05, 4.69) is 6.92 Å². The molecule has 1 heterocycles. The standard InChI is InChI=1S/C14H19NO3S/c1-3-5-10-15(4-2)14(18)12-8-6-11(19-12)7-9-13(16)17/h6-9H,3-5,10H2,1-2H3,(H,16,17). The maximum Gasteiger partial charge on any atom is 0.328 e. The number of carbonyl (C=O) groups is 2. The highest BCUT2D eigenvalue weighted by Gasteiger charge is 2.15. The predicted molar refractivity (Wildman–Crippen MR) is 77.5 cm³/mol. The number of carboxylic acids is 1. The van der Waals surface area contributed by atoms with E-state index in [1.807, 2.05) is 11.8 Å². The zero-order valence-corrected chi connectivity index (χ0v) is 12.1. The molecule has 1 N–H and O–H groups in total. The van der Waals surface area contributed by atoms with Crippen molar-refractivity contribution < 1.29 is 14.7 Å². The summed E-state index contributed by atoms with van der Waals surface area (Å²) in [5.41, 5.74) is 0. The first-order valence-electron chi connectivity index (χ1n) is 6.38. The van der Waals surface area contributed by atoms with Crippen LogP contribution in [0.3, 0.4) is 0 Å². The smallest absolute Gasteiger partial charge is 0.328 e. The van der Waals surface area contributed by atoms with Crippen LogP contribution in [0.15, 0.2) is 18.2 Å². The summed E-state index contributed by atoms with van der Waals surface area (Å²) in [5, 5.41) is 8.56. The van der Waals surface area contributed by atoms with Crippen LogP contribution in [0.1, 0.15) is 41.2 Å². The van der Waals surface area contributed by atoms with Gasteiger partial charge in [-0.25, -0.2) is 4.79 Å². The number of aliphatic carboxylic acids is 1. The normalized spacial score (nSPS) is 10.8. The second-order valence-electron chi connectivity index (χ2n) is 4.11. The molecule has 1 aromatic heterocycles. The first-order chi connectivity index (χ1) is 9.08. The highest BCUT2D eigenvalue weighted by Crippen LogP contribution is 2.20. The van der Waals surface area contributed by atoms with Gasteiger partial charge in [0.1, 0.15) is 0 Å². The van der Waals surface area contributed by atoms with E-state index in [1.165, 1.54) is 17.4 Å². The van der Waals surface area contributed by atoms with Gasteiger partial charge in [0.2, 0.25) is 0 Å². The van der Waals surface area contributed by atoms with E-state index in [9.17, 15) is 9.59 Å². The van der Waals surface area contributed by atoms with Crippen LogP contribution in [-0.4, -0.2) is 35.0 Å². The van der Waals surface area contributed by atoms with Crippen molar-refractivity contribution in [1.82, 2.24) is 4.90 Å². The first kappa shape index (κ1) is 15.4. The molecule has 104 valence electrons. The molecule has 0 spiro atoms. The highest BCUT2D eigenvalue weighted by atomic mass is 32.1. The van der Waals surface area contributed by atoms with Crippen LogP contribution in [0.4, 0.5) is 0 Å². The lowest BCUT2D eigenvalue weighted by Gasteiger charge is -2.19. The number of unbranched alkanes of at least 4 members (excludes halogenated alkanes) is 1. The molecule has 0 bridgehead atoms. The number of nitrogens with zero attached hydrogens (tertiary/aromatic N) is 1. The molecular weight excluding hydrogens is 262 g/mol. The first-order valence-corrected chi connectivity index (χ1v) is 7.20. The summed E-state index contributed by atoms with van der Waals surface area (Å²) >= 11 is 1.32. The van der Waals surface area contributed by atoms with E-state index in [0.29, 0.717) is 11.4 Å². The van der Waals surface area contributed by atoms with Gasteiger partial charge in [-0.05, 0) is 31.6 Å². The fourth-order valence-electron chi connectivity index (χ4n) is 1.62. The lowest BCUT2D eigenvalue weighted by Crippen LogP contribution is -2.31. The van der Waals surface area contributed by atoms with Crippen LogP contribution >= 0.6 is 11.3 Å². The number of rotatable bonds is 7. The number of carbonyl (C=O) groups excluding carboxylic acids is 1. The van der Waals surface area contributed by atoms with E-state index in [-0.39, 0.29) is 5.91 Å². The van der Waals surface area contributed by atoms with Crippen molar-refractivity contribution in [3.63, 3.8) is 0 Å². The Labute approximate surface area is 117 Å². The summed E-state index contributed by atoms with van der Waals surface area (Å²) < 4.78 is 0. The Morgan fingerprint density at radius 3 is 2.68 bits per heavy atom. The summed E-state index contributed by atoms with van der Waals surface area (Å²) in [6, 6.07) is 3.52. The van der Waals surface area contributed by atoms with Crippen molar-refractivity contribution in [1.29, 1.82) is 0 Å². The lowest BCUT2D eigenvalue weighted by atomic mass is 10.3. The zero-order chi connectivity index (χ0) is 14.3. The van der Waals surface area contributed by atoms with Crippen molar-refractivity contribution in [3.05, 3.63) is 28.0 Å². The molecule has 1 rings (SSSR count). The largest absolute Gasteiger partial charge is 0.478 e. The molecule has 0 saturated carbocycles. The van der Waals surface area contributed by atoms with Crippen molar-refractivity contribution >= 4 is 29.3 Å². The van der Waals surface area contributed by atoms with Gasteiger partial charge in [0.05, 0.1) is 4.88 Å². The van der Waals surface area contributed by atoms with Crippen molar-refractivity contribution in [2.24, 2.45) is 0 Å². The molecule has 0 atom stereocenters. The zero-order valence-electron chi connectivity index (χ0n) is 11.3. The Morgan fingerprint density at radius 1 is 1.37 bits per heavy atom. The Morgan fingerprint density at radius 2 is 2.11 bits per heavy atom. The fraction of sp³-hybridized carbons (Fsp3) is 0.429. The number of hydrogen-bond acceptors (Lipinski definition) is 3. The summed E-state index contributed by atoms with van der Waals surface area (Å²) in [4.78, 5) is 25.9. The van der Waals surface area contributed by atoms with Gasteiger partial charge in [0.15, 0.2) is 0 Å². The van der Waals surface area contributed by atoms with E-state index >= 15 is 0 Å². The van der Waals surface area contributed by atoms with Gasteiger partial charge in [-0.2, -0.15) is 0 Å². The minimum atomic E-state index is -0.987. The van der Waals surface area contributed by atoms with Gasteiger partial charge >= 0.3 is 5.97 Å². The highest BCUT2D eigenvalue weighted by molar-refractivity contribution is 7.14. The molecule has 4 nitrogen and oxygen atoms in total. The minimum Gasteiger partial charge on any atom is -0.478 e. The molecule has 0 saturated heterocycles. The van der Waals surface area contributed by atoms with Crippen molar-refractivity contribution in [3.8, 4) is 0 Å². The average Bonchev–Trinajstić information content (AvgIpc) is 2.85.